The summed E-state index contributed by atoms with van der Waals surface area (Å²) < 4.78 is 0. The van der Waals surface area contributed by atoms with Gasteiger partial charge in [0.25, 0.3) is 0 Å². The average molecular weight is 279 g/mol. The molecule has 2 rings (SSSR count). The van der Waals surface area contributed by atoms with E-state index in [1.165, 1.54) is 19.3 Å². The summed E-state index contributed by atoms with van der Waals surface area (Å²) in [5.74, 6) is 3.11. The van der Waals surface area contributed by atoms with E-state index in [-0.39, 0.29) is 0 Å². The van der Waals surface area contributed by atoms with Crippen LogP contribution in [0.25, 0.3) is 0 Å². The third-order valence-corrected chi connectivity index (χ3v) is 4.83. The zero-order valence-electron chi connectivity index (χ0n) is 13.6. The molecule has 3 atom stereocenters. The lowest BCUT2D eigenvalue weighted by Crippen LogP contribution is -2.37. The molecule has 1 saturated carbocycles. The summed E-state index contributed by atoms with van der Waals surface area (Å²) in [5.41, 5.74) is 0.401. The van der Waals surface area contributed by atoms with Crippen LogP contribution in [-0.4, -0.2) is 33.8 Å². The molecule has 1 heterocycles. The van der Waals surface area contributed by atoms with E-state index in [1.807, 2.05) is 14.1 Å². The second-order valence-corrected chi connectivity index (χ2v) is 7.35. The van der Waals surface area contributed by atoms with Crippen LogP contribution in [0.4, 0.5) is 0 Å². The van der Waals surface area contributed by atoms with Gasteiger partial charge in [-0.25, -0.2) is 0 Å². The lowest BCUT2D eigenvalue weighted by atomic mass is 9.64. The van der Waals surface area contributed by atoms with Gasteiger partial charge in [0.05, 0.1) is 7.05 Å². The molecule has 1 fully saturated rings. The largest absolute Gasteiger partial charge is 0.319 e. The first-order chi connectivity index (χ1) is 9.40. The number of hydrogen-bond donors (Lipinski definition) is 1. The molecule has 5 nitrogen and oxygen atoms in total. The van der Waals surface area contributed by atoms with Crippen molar-refractivity contribution in [2.45, 2.75) is 46.5 Å². The fourth-order valence-electron chi connectivity index (χ4n) is 3.53. The Bertz CT molecular complexity index is 420. The van der Waals surface area contributed by atoms with Gasteiger partial charge in [-0.05, 0) is 61.2 Å². The first-order valence-electron chi connectivity index (χ1n) is 7.77. The highest BCUT2D eigenvalue weighted by Crippen LogP contribution is 2.43. The minimum atomic E-state index is 0.401. The molecule has 1 aliphatic rings. The van der Waals surface area contributed by atoms with Crippen molar-refractivity contribution in [2.75, 3.05) is 13.6 Å². The van der Waals surface area contributed by atoms with Crippen LogP contribution in [0.1, 0.15) is 45.9 Å². The van der Waals surface area contributed by atoms with Crippen LogP contribution in [0.15, 0.2) is 0 Å². The Labute approximate surface area is 122 Å². The van der Waals surface area contributed by atoms with Crippen LogP contribution >= 0.6 is 0 Å². The summed E-state index contributed by atoms with van der Waals surface area (Å²) in [6.45, 7) is 8.21. The normalized spacial score (nSPS) is 27.8. The Morgan fingerprint density at radius 1 is 1.25 bits per heavy atom. The highest BCUT2D eigenvalue weighted by Gasteiger charge is 2.36. The van der Waals surface area contributed by atoms with Gasteiger partial charge in [0.1, 0.15) is 0 Å². The van der Waals surface area contributed by atoms with Gasteiger partial charge in [-0.3, -0.25) is 0 Å². The van der Waals surface area contributed by atoms with E-state index >= 15 is 0 Å². The van der Waals surface area contributed by atoms with Crippen LogP contribution in [0.3, 0.4) is 0 Å². The van der Waals surface area contributed by atoms with Crippen LogP contribution in [0.2, 0.25) is 0 Å². The predicted octanol–water partition coefficient (Wildman–Crippen LogP) is 2.05. The van der Waals surface area contributed by atoms with Gasteiger partial charge in [0.2, 0.25) is 0 Å². The van der Waals surface area contributed by atoms with E-state index in [0.29, 0.717) is 11.3 Å². The third-order valence-electron chi connectivity index (χ3n) is 4.83. The Hall–Kier alpha value is -0.970. The minimum absolute atomic E-state index is 0.401. The molecule has 0 radical (unpaired) electrons. The lowest BCUT2D eigenvalue weighted by molar-refractivity contribution is 0.0969. The molecule has 5 heteroatoms. The Kier molecular flexibility index (Phi) is 4.78. The first-order valence-corrected chi connectivity index (χ1v) is 7.77. The lowest BCUT2D eigenvalue weighted by Gasteiger charge is -2.41. The maximum Gasteiger partial charge on any atom is 0.175 e. The molecule has 0 saturated heterocycles. The quantitative estimate of drug-likeness (QED) is 0.916. The van der Waals surface area contributed by atoms with Gasteiger partial charge in [0, 0.05) is 6.42 Å². The zero-order valence-corrected chi connectivity index (χ0v) is 13.6. The molecule has 0 amide bonds. The van der Waals surface area contributed by atoms with Crippen molar-refractivity contribution >= 4 is 0 Å². The Morgan fingerprint density at radius 2 is 2.00 bits per heavy atom. The predicted molar refractivity (Wildman–Crippen MR) is 80.2 cm³/mol. The molecule has 0 aromatic carbocycles. The molecule has 1 aromatic heterocycles. The van der Waals surface area contributed by atoms with E-state index in [0.717, 1.165) is 30.6 Å². The van der Waals surface area contributed by atoms with Gasteiger partial charge in [-0.2, -0.15) is 4.80 Å². The molecular weight excluding hydrogens is 250 g/mol. The minimum Gasteiger partial charge on any atom is -0.319 e. The van der Waals surface area contributed by atoms with E-state index < -0.39 is 0 Å². The summed E-state index contributed by atoms with van der Waals surface area (Å²) in [4.78, 5) is 1.56. The van der Waals surface area contributed by atoms with E-state index in [1.54, 1.807) is 4.80 Å². The fraction of sp³-hybridized carbons (Fsp3) is 0.933. The second kappa shape index (κ2) is 6.20. The molecule has 0 spiro atoms. The number of aromatic nitrogens is 4. The SMILES string of the molecule is CNCC1CCC(C(C)(C)C)CC1Cc1nnn(C)n1. The molecule has 1 aliphatic carbocycles. The summed E-state index contributed by atoms with van der Waals surface area (Å²) in [6, 6.07) is 0. The highest BCUT2D eigenvalue weighted by molar-refractivity contribution is 4.91. The van der Waals surface area contributed by atoms with Gasteiger partial charge >= 0.3 is 0 Å². The second-order valence-electron chi connectivity index (χ2n) is 7.35. The number of aryl methyl sites for hydroxylation is 1. The summed E-state index contributed by atoms with van der Waals surface area (Å²) >= 11 is 0. The van der Waals surface area contributed by atoms with Crippen molar-refractivity contribution in [3.8, 4) is 0 Å². The van der Waals surface area contributed by atoms with Crippen molar-refractivity contribution in [1.82, 2.24) is 25.5 Å². The van der Waals surface area contributed by atoms with Crippen LogP contribution < -0.4 is 5.32 Å². The van der Waals surface area contributed by atoms with Crippen molar-refractivity contribution < 1.29 is 0 Å². The van der Waals surface area contributed by atoms with E-state index in [2.05, 4.69) is 41.5 Å². The molecule has 1 N–H and O–H groups in total. The van der Waals surface area contributed by atoms with Crippen molar-refractivity contribution in [2.24, 2.45) is 30.2 Å². The van der Waals surface area contributed by atoms with Crippen LogP contribution in [0, 0.1) is 23.2 Å². The van der Waals surface area contributed by atoms with Gasteiger partial charge in [-0.1, -0.05) is 20.8 Å². The molecule has 114 valence electrons. The number of tetrazole rings is 1. The summed E-state index contributed by atoms with van der Waals surface area (Å²) in [7, 11) is 3.88. The maximum atomic E-state index is 4.36. The zero-order chi connectivity index (χ0) is 14.8. The molecule has 0 bridgehead atoms. The van der Waals surface area contributed by atoms with Crippen molar-refractivity contribution in [1.29, 1.82) is 0 Å². The smallest absolute Gasteiger partial charge is 0.175 e. The van der Waals surface area contributed by atoms with E-state index in [4.69, 9.17) is 0 Å². The number of nitrogens with zero attached hydrogens (tertiary/aromatic N) is 4. The average Bonchev–Trinajstić information content (AvgIpc) is 2.76. The maximum absolute atomic E-state index is 4.36. The van der Waals surface area contributed by atoms with Gasteiger partial charge < -0.3 is 5.32 Å². The standard InChI is InChI=1S/C15H29N5/c1-15(2,3)13-7-6-11(10-16-4)12(8-13)9-14-17-19-20(5)18-14/h11-13,16H,6-10H2,1-5H3. The first kappa shape index (κ1) is 15.4. The van der Waals surface area contributed by atoms with Gasteiger partial charge in [-0.15, -0.1) is 10.2 Å². The van der Waals surface area contributed by atoms with E-state index in [9.17, 15) is 0 Å². The van der Waals surface area contributed by atoms with Crippen molar-refractivity contribution in [3.63, 3.8) is 0 Å². The fourth-order valence-corrected chi connectivity index (χ4v) is 3.53. The van der Waals surface area contributed by atoms with Crippen LogP contribution in [-0.2, 0) is 13.5 Å². The molecular formula is C15H29N5. The van der Waals surface area contributed by atoms with Gasteiger partial charge in [0.15, 0.2) is 5.82 Å². The molecule has 20 heavy (non-hydrogen) atoms. The van der Waals surface area contributed by atoms with Crippen LogP contribution in [0.5, 0.6) is 0 Å². The topological polar surface area (TPSA) is 55.6 Å². The summed E-state index contributed by atoms with van der Waals surface area (Å²) in [5, 5.41) is 15.8. The Morgan fingerprint density at radius 3 is 2.55 bits per heavy atom. The molecule has 0 aliphatic heterocycles. The number of hydrogen-bond acceptors (Lipinski definition) is 4. The highest BCUT2D eigenvalue weighted by atomic mass is 15.6. The number of nitrogens with one attached hydrogen (secondary N) is 1. The summed E-state index contributed by atoms with van der Waals surface area (Å²) in [6.07, 6.45) is 4.91. The molecule has 1 aromatic rings. The monoisotopic (exact) mass is 279 g/mol. The third kappa shape index (κ3) is 3.78. The number of rotatable bonds is 4. The molecule has 3 unspecified atom stereocenters. The Balaban J connectivity index is 2.06. The van der Waals surface area contributed by atoms with Crippen molar-refractivity contribution in [3.05, 3.63) is 5.82 Å².